The lowest BCUT2D eigenvalue weighted by atomic mass is 10.2. The van der Waals surface area contributed by atoms with Crippen LogP contribution in [0.25, 0.3) is 11.0 Å². The van der Waals surface area contributed by atoms with E-state index >= 15 is 0 Å². The standard InChI is InChI=1S/C21H17ClN2O/c22-18-8-6-16(7-9-18)13-24-15-23-20-12-19(10-11-21(20)24)25-14-17-4-2-1-3-5-17/h1-12,15H,13-14H2. The third-order valence-electron chi connectivity index (χ3n) is 4.11. The van der Waals surface area contributed by atoms with Crippen LogP contribution in [-0.2, 0) is 13.2 Å². The number of aromatic nitrogens is 2. The molecule has 3 aromatic carbocycles. The Balaban J connectivity index is 1.51. The van der Waals surface area contributed by atoms with Gasteiger partial charge in [-0.3, -0.25) is 0 Å². The van der Waals surface area contributed by atoms with Gasteiger partial charge in [0.1, 0.15) is 12.4 Å². The van der Waals surface area contributed by atoms with Gasteiger partial charge < -0.3 is 9.30 Å². The average molecular weight is 349 g/mol. The van der Waals surface area contributed by atoms with E-state index in [1.165, 1.54) is 5.56 Å². The second-order valence-corrected chi connectivity index (χ2v) is 6.36. The number of benzene rings is 3. The summed E-state index contributed by atoms with van der Waals surface area (Å²) in [7, 11) is 0. The minimum atomic E-state index is 0.553. The van der Waals surface area contributed by atoms with E-state index in [1.807, 2.05) is 60.9 Å². The van der Waals surface area contributed by atoms with E-state index in [2.05, 4.69) is 27.8 Å². The number of halogens is 1. The summed E-state index contributed by atoms with van der Waals surface area (Å²) in [6.45, 7) is 1.32. The summed E-state index contributed by atoms with van der Waals surface area (Å²) < 4.78 is 8.00. The van der Waals surface area contributed by atoms with E-state index in [9.17, 15) is 0 Å². The third kappa shape index (κ3) is 3.67. The molecule has 0 amide bonds. The van der Waals surface area contributed by atoms with Crippen LogP contribution in [0, 0.1) is 0 Å². The van der Waals surface area contributed by atoms with Crippen molar-refractivity contribution in [1.29, 1.82) is 0 Å². The van der Waals surface area contributed by atoms with E-state index < -0.39 is 0 Å². The molecule has 0 N–H and O–H groups in total. The molecule has 0 aliphatic rings. The number of nitrogens with zero attached hydrogens (tertiary/aromatic N) is 2. The summed E-state index contributed by atoms with van der Waals surface area (Å²) >= 11 is 5.95. The molecular formula is C21H17ClN2O. The lowest BCUT2D eigenvalue weighted by Crippen LogP contribution is -1.98. The molecule has 0 fully saturated rings. The first-order valence-electron chi connectivity index (χ1n) is 8.14. The maximum atomic E-state index is 5.95. The normalized spacial score (nSPS) is 10.9. The van der Waals surface area contributed by atoms with Gasteiger partial charge in [0.05, 0.1) is 17.4 Å². The quantitative estimate of drug-likeness (QED) is 0.488. The van der Waals surface area contributed by atoms with Crippen molar-refractivity contribution in [3.63, 3.8) is 0 Å². The van der Waals surface area contributed by atoms with Crippen LogP contribution in [0.5, 0.6) is 5.75 Å². The molecule has 0 spiro atoms. The van der Waals surface area contributed by atoms with E-state index in [0.29, 0.717) is 6.61 Å². The number of ether oxygens (including phenoxy) is 1. The summed E-state index contributed by atoms with van der Waals surface area (Å²) in [5, 5.41) is 0.749. The van der Waals surface area contributed by atoms with Crippen molar-refractivity contribution >= 4 is 22.6 Å². The first-order valence-corrected chi connectivity index (χ1v) is 8.52. The second kappa shape index (κ2) is 6.99. The van der Waals surface area contributed by atoms with Crippen LogP contribution in [0.15, 0.2) is 79.1 Å². The van der Waals surface area contributed by atoms with Gasteiger partial charge in [-0.05, 0) is 35.4 Å². The topological polar surface area (TPSA) is 27.1 Å². The molecule has 124 valence electrons. The molecular weight excluding hydrogens is 332 g/mol. The Morgan fingerprint density at radius 2 is 1.68 bits per heavy atom. The predicted molar refractivity (Wildman–Crippen MR) is 101 cm³/mol. The van der Waals surface area contributed by atoms with E-state index in [1.54, 1.807) is 0 Å². The van der Waals surface area contributed by atoms with Gasteiger partial charge in [-0.25, -0.2) is 4.98 Å². The van der Waals surface area contributed by atoms with Gasteiger partial charge in [0.15, 0.2) is 0 Å². The molecule has 0 aliphatic heterocycles. The van der Waals surface area contributed by atoms with Crippen molar-refractivity contribution in [2.24, 2.45) is 0 Å². The molecule has 3 nitrogen and oxygen atoms in total. The van der Waals surface area contributed by atoms with Gasteiger partial charge in [-0.2, -0.15) is 0 Å². The average Bonchev–Trinajstić information content (AvgIpc) is 3.05. The fourth-order valence-corrected chi connectivity index (χ4v) is 2.91. The molecule has 4 aromatic rings. The maximum absolute atomic E-state index is 5.95. The van der Waals surface area contributed by atoms with Crippen LogP contribution >= 0.6 is 11.6 Å². The zero-order valence-electron chi connectivity index (χ0n) is 13.6. The Kier molecular flexibility index (Phi) is 4.40. The zero-order valence-corrected chi connectivity index (χ0v) is 14.4. The Hall–Kier alpha value is -2.78. The molecule has 0 atom stereocenters. The van der Waals surface area contributed by atoms with Gasteiger partial charge in [0.2, 0.25) is 0 Å². The number of hydrogen-bond donors (Lipinski definition) is 0. The van der Waals surface area contributed by atoms with Crippen molar-refractivity contribution in [2.75, 3.05) is 0 Å². The summed E-state index contributed by atoms with van der Waals surface area (Å²) in [6, 6.07) is 24.1. The van der Waals surface area contributed by atoms with Crippen molar-refractivity contribution in [1.82, 2.24) is 9.55 Å². The number of fused-ring (bicyclic) bond motifs is 1. The van der Waals surface area contributed by atoms with E-state index in [-0.39, 0.29) is 0 Å². The minimum absolute atomic E-state index is 0.553. The molecule has 4 heteroatoms. The number of hydrogen-bond acceptors (Lipinski definition) is 2. The van der Waals surface area contributed by atoms with Gasteiger partial charge in [0, 0.05) is 17.6 Å². The second-order valence-electron chi connectivity index (χ2n) is 5.92. The molecule has 25 heavy (non-hydrogen) atoms. The van der Waals surface area contributed by atoms with Gasteiger partial charge in [-0.1, -0.05) is 54.1 Å². The summed E-state index contributed by atoms with van der Waals surface area (Å²) in [5.74, 6) is 0.827. The molecule has 1 aromatic heterocycles. The van der Waals surface area contributed by atoms with E-state index in [0.717, 1.165) is 33.9 Å². The zero-order chi connectivity index (χ0) is 17.1. The van der Waals surface area contributed by atoms with Crippen LogP contribution in [0.2, 0.25) is 5.02 Å². The van der Waals surface area contributed by atoms with Crippen LogP contribution in [-0.4, -0.2) is 9.55 Å². The van der Waals surface area contributed by atoms with Crippen LogP contribution in [0.3, 0.4) is 0 Å². The lowest BCUT2D eigenvalue weighted by Gasteiger charge is -2.07. The molecule has 0 bridgehead atoms. The number of rotatable bonds is 5. The molecule has 0 aliphatic carbocycles. The Morgan fingerprint density at radius 1 is 0.880 bits per heavy atom. The Morgan fingerprint density at radius 3 is 2.48 bits per heavy atom. The summed E-state index contributed by atoms with van der Waals surface area (Å²) in [4.78, 5) is 4.50. The fraction of sp³-hybridized carbons (Fsp3) is 0.0952. The molecule has 0 radical (unpaired) electrons. The van der Waals surface area contributed by atoms with Crippen LogP contribution < -0.4 is 4.74 Å². The Bertz CT molecular complexity index is 978. The highest BCUT2D eigenvalue weighted by Gasteiger charge is 2.05. The minimum Gasteiger partial charge on any atom is -0.489 e. The van der Waals surface area contributed by atoms with Gasteiger partial charge in [0.25, 0.3) is 0 Å². The van der Waals surface area contributed by atoms with E-state index in [4.69, 9.17) is 16.3 Å². The molecule has 4 rings (SSSR count). The Labute approximate surface area is 151 Å². The van der Waals surface area contributed by atoms with Crippen molar-refractivity contribution in [3.05, 3.63) is 95.3 Å². The summed E-state index contributed by atoms with van der Waals surface area (Å²) in [6.07, 6.45) is 1.86. The van der Waals surface area contributed by atoms with Gasteiger partial charge >= 0.3 is 0 Å². The lowest BCUT2D eigenvalue weighted by molar-refractivity contribution is 0.306. The monoisotopic (exact) mass is 348 g/mol. The third-order valence-corrected chi connectivity index (χ3v) is 4.36. The van der Waals surface area contributed by atoms with Gasteiger partial charge in [-0.15, -0.1) is 0 Å². The summed E-state index contributed by atoms with van der Waals surface area (Å²) in [5.41, 5.74) is 4.35. The highest BCUT2D eigenvalue weighted by atomic mass is 35.5. The highest BCUT2D eigenvalue weighted by molar-refractivity contribution is 6.30. The molecule has 0 saturated carbocycles. The molecule has 0 unspecified atom stereocenters. The first kappa shape index (κ1) is 15.7. The smallest absolute Gasteiger partial charge is 0.122 e. The highest BCUT2D eigenvalue weighted by Crippen LogP contribution is 2.22. The van der Waals surface area contributed by atoms with Crippen LogP contribution in [0.1, 0.15) is 11.1 Å². The first-order chi connectivity index (χ1) is 12.3. The largest absolute Gasteiger partial charge is 0.489 e. The molecule has 0 saturated heterocycles. The maximum Gasteiger partial charge on any atom is 0.122 e. The number of imidazole rings is 1. The van der Waals surface area contributed by atoms with Crippen LogP contribution in [0.4, 0.5) is 0 Å². The van der Waals surface area contributed by atoms with Crippen molar-refractivity contribution in [2.45, 2.75) is 13.2 Å². The predicted octanol–water partition coefficient (Wildman–Crippen LogP) is 5.32. The van der Waals surface area contributed by atoms with Crippen molar-refractivity contribution < 1.29 is 4.74 Å². The SMILES string of the molecule is Clc1ccc(Cn2cnc3cc(OCc4ccccc4)ccc32)cc1. The van der Waals surface area contributed by atoms with Crippen molar-refractivity contribution in [3.8, 4) is 5.75 Å². The fourth-order valence-electron chi connectivity index (χ4n) is 2.79. The molecule has 1 heterocycles.